The van der Waals surface area contributed by atoms with Crippen molar-refractivity contribution in [3.63, 3.8) is 0 Å². The Labute approximate surface area is 122 Å². The van der Waals surface area contributed by atoms with Gasteiger partial charge >= 0.3 is 0 Å². The Hall–Kier alpha value is -0.900. The van der Waals surface area contributed by atoms with Gasteiger partial charge in [-0.15, -0.1) is 0 Å². The van der Waals surface area contributed by atoms with Gasteiger partial charge in [-0.2, -0.15) is 0 Å². The molecule has 1 aromatic carbocycles. The monoisotopic (exact) mass is 277 g/mol. The van der Waals surface area contributed by atoms with E-state index in [0.717, 1.165) is 52.2 Å². The van der Waals surface area contributed by atoms with Crippen molar-refractivity contribution in [3.8, 4) is 0 Å². The van der Waals surface area contributed by atoms with E-state index in [1.54, 1.807) is 0 Å². The highest BCUT2D eigenvalue weighted by molar-refractivity contribution is 5.26. The summed E-state index contributed by atoms with van der Waals surface area (Å²) in [5.41, 5.74) is 2.85. The summed E-state index contributed by atoms with van der Waals surface area (Å²) < 4.78 is 11.2. The highest BCUT2D eigenvalue weighted by Gasteiger charge is 2.14. The zero-order valence-corrected chi connectivity index (χ0v) is 12.6. The van der Waals surface area contributed by atoms with Crippen LogP contribution < -0.4 is 5.32 Å². The SMILES string of the molecule is CCc1ccccc1CNCCCOCC1CCCO1. The molecule has 0 radical (unpaired) electrons. The van der Waals surface area contributed by atoms with E-state index in [1.807, 2.05) is 0 Å². The molecule has 3 heteroatoms. The smallest absolute Gasteiger partial charge is 0.0809 e. The first-order valence-corrected chi connectivity index (χ1v) is 7.87. The number of rotatable bonds is 9. The average molecular weight is 277 g/mol. The minimum Gasteiger partial charge on any atom is -0.379 e. The Bertz CT molecular complexity index is 375. The molecule has 0 amide bonds. The van der Waals surface area contributed by atoms with Crippen LogP contribution >= 0.6 is 0 Å². The molecule has 0 bridgehead atoms. The molecule has 0 aromatic heterocycles. The van der Waals surface area contributed by atoms with Gasteiger partial charge in [0.2, 0.25) is 0 Å². The summed E-state index contributed by atoms with van der Waals surface area (Å²) in [7, 11) is 0. The van der Waals surface area contributed by atoms with Gasteiger partial charge in [0.15, 0.2) is 0 Å². The molecule has 1 N–H and O–H groups in total. The lowest BCUT2D eigenvalue weighted by atomic mass is 10.1. The average Bonchev–Trinajstić information content (AvgIpc) is 3.00. The van der Waals surface area contributed by atoms with E-state index >= 15 is 0 Å². The first-order valence-electron chi connectivity index (χ1n) is 7.87. The Kier molecular flexibility index (Phi) is 7.06. The summed E-state index contributed by atoms with van der Waals surface area (Å²) in [5, 5.41) is 3.49. The van der Waals surface area contributed by atoms with Gasteiger partial charge in [-0.1, -0.05) is 31.2 Å². The summed E-state index contributed by atoms with van der Waals surface area (Å²) in [5.74, 6) is 0. The van der Waals surface area contributed by atoms with E-state index in [4.69, 9.17) is 9.47 Å². The fraction of sp³-hybridized carbons (Fsp3) is 0.647. The summed E-state index contributed by atoms with van der Waals surface area (Å²) in [6.45, 7) is 6.66. The highest BCUT2D eigenvalue weighted by atomic mass is 16.5. The Balaban J connectivity index is 1.50. The van der Waals surface area contributed by atoms with Crippen molar-refractivity contribution in [2.75, 3.05) is 26.4 Å². The standard InChI is InChI=1S/C17H27NO2/c1-2-15-7-3-4-8-16(15)13-18-10-6-11-19-14-17-9-5-12-20-17/h3-4,7-8,17-18H,2,5-6,9-14H2,1H3. The van der Waals surface area contributed by atoms with Crippen LogP contribution in [-0.4, -0.2) is 32.5 Å². The van der Waals surface area contributed by atoms with Gasteiger partial charge in [0.05, 0.1) is 12.7 Å². The quantitative estimate of drug-likeness (QED) is 0.704. The van der Waals surface area contributed by atoms with Crippen molar-refractivity contribution >= 4 is 0 Å². The fourth-order valence-electron chi connectivity index (χ4n) is 2.59. The zero-order chi connectivity index (χ0) is 14.0. The molecule has 1 aromatic rings. The van der Waals surface area contributed by atoms with Gasteiger partial charge in [-0.05, 0) is 43.4 Å². The second-order valence-corrected chi connectivity index (χ2v) is 5.36. The number of hydrogen-bond acceptors (Lipinski definition) is 3. The van der Waals surface area contributed by atoms with Gasteiger partial charge in [0.1, 0.15) is 0 Å². The van der Waals surface area contributed by atoms with E-state index in [9.17, 15) is 0 Å². The molecule has 0 aliphatic carbocycles. The summed E-state index contributed by atoms with van der Waals surface area (Å²) in [4.78, 5) is 0. The predicted molar refractivity (Wildman–Crippen MR) is 81.9 cm³/mol. The maximum atomic E-state index is 5.65. The molecule has 1 heterocycles. The van der Waals surface area contributed by atoms with Gasteiger partial charge in [-0.25, -0.2) is 0 Å². The number of nitrogens with one attached hydrogen (secondary N) is 1. The van der Waals surface area contributed by atoms with Crippen LogP contribution in [0.5, 0.6) is 0 Å². The van der Waals surface area contributed by atoms with Gasteiger partial charge in [-0.3, -0.25) is 0 Å². The van der Waals surface area contributed by atoms with Gasteiger partial charge in [0.25, 0.3) is 0 Å². The molecule has 20 heavy (non-hydrogen) atoms. The van der Waals surface area contributed by atoms with E-state index in [-0.39, 0.29) is 0 Å². The van der Waals surface area contributed by atoms with E-state index in [2.05, 4.69) is 36.5 Å². The Morgan fingerprint density at radius 2 is 2.15 bits per heavy atom. The topological polar surface area (TPSA) is 30.5 Å². The van der Waals surface area contributed by atoms with E-state index < -0.39 is 0 Å². The van der Waals surface area contributed by atoms with Crippen molar-refractivity contribution in [1.82, 2.24) is 5.32 Å². The zero-order valence-electron chi connectivity index (χ0n) is 12.6. The highest BCUT2D eigenvalue weighted by Crippen LogP contribution is 2.12. The first-order chi connectivity index (χ1) is 9.90. The Morgan fingerprint density at radius 3 is 2.90 bits per heavy atom. The molecule has 1 atom stereocenters. The maximum absolute atomic E-state index is 5.65. The number of ether oxygens (including phenoxy) is 2. The van der Waals surface area contributed by atoms with Crippen molar-refractivity contribution in [2.24, 2.45) is 0 Å². The van der Waals surface area contributed by atoms with Crippen molar-refractivity contribution in [2.45, 2.75) is 45.3 Å². The minimum absolute atomic E-state index is 0.347. The van der Waals surface area contributed by atoms with Crippen LogP contribution in [0.1, 0.15) is 37.3 Å². The second-order valence-electron chi connectivity index (χ2n) is 5.36. The molecule has 1 fully saturated rings. The number of hydrogen-bond donors (Lipinski definition) is 1. The molecule has 112 valence electrons. The van der Waals surface area contributed by atoms with Crippen LogP contribution in [0.25, 0.3) is 0 Å². The van der Waals surface area contributed by atoms with E-state index in [1.165, 1.54) is 17.5 Å². The first kappa shape index (κ1) is 15.5. The number of aryl methyl sites for hydroxylation is 1. The number of benzene rings is 1. The lowest BCUT2D eigenvalue weighted by molar-refractivity contribution is 0.0166. The van der Waals surface area contributed by atoms with Crippen LogP contribution in [0.4, 0.5) is 0 Å². The molecule has 1 unspecified atom stereocenters. The van der Waals surface area contributed by atoms with Gasteiger partial charge in [0, 0.05) is 19.8 Å². The maximum Gasteiger partial charge on any atom is 0.0809 e. The summed E-state index contributed by atoms with van der Waals surface area (Å²) >= 11 is 0. The molecule has 3 nitrogen and oxygen atoms in total. The molecular formula is C17H27NO2. The largest absolute Gasteiger partial charge is 0.379 e. The summed E-state index contributed by atoms with van der Waals surface area (Å²) in [6.07, 6.45) is 4.85. The Morgan fingerprint density at radius 1 is 1.30 bits per heavy atom. The molecular weight excluding hydrogens is 250 g/mol. The minimum atomic E-state index is 0.347. The third-order valence-corrected chi connectivity index (χ3v) is 3.78. The lowest BCUT2D eigenvalue weighted by Crippen LogP contribution is -2.19. The van der Waals surface area contributed by atoms with Crippen molar-refractivity contribution in [3.05, 3.63) is 35.4 Å². The normalized spacial score (nSPS) is 18.6. The van der Waals surface area contributed by atoms with Crippen molar-refractivity contribution in [1.29, 1.82) is 0 Å². The lowest BCUT2D eigenvalue weighted by Gasteiger charge is -2.11. The predicted octanol–water partition coefficient (Wildman–Crippen LogP) is 2.92. The molecule has 0 spiro atoms. The third kappa shape index (κ3) is 5.23. The van der Waals surface area contributed by atoms with E-state index in [0.29, 0.717) is 6.10 Å². The summed E-state index contributed by atoms with van der Waals surface area (Å²) in [6, 6.07) is 8.64. The third-order valence-electron chi connectivity index (χ3n) is 3.78. The second kappa shape index (κ2) is 9.11. The van der Waals surface area contributed by atoms with Gasteiger partial charge < -0.3 is 14.8 Å². The van der Waals surface area contributed by atoms with Crippen LogP contribution in [0.2, 0.25) is 0 Å². The van der Waals surface area contributed by atoms with Crippen molar-refractivity contribution < 1.29 is 9.47 Å². The van der Waals surface area contributed by atoms with Crippen LogP contribution in [0.15, 0.2) is 24.3 Å². The molecule has 1 aliphatic rings. The molecule has 1 saturated heterocycles. The van der Waals surface area contributed by atoms with Crippen LogP contribution in [0.3, 0.4) is 0 Å². The molecule has 1 aliphatic heterocycles. The van der Waals surface area contributed by atoms with Crippen LogP contribution in [0, 0.1) is 0 Å². The fourth-order valence-corrected chi connectivity index (χ4v) is 2.59. The van der Waals surface area contributed by atoms with Crippen LogP contribution in [-0.2, 0) is 22.4 Å². The molecule has 2 rings (SSSR count). The molecule has 0 saturated carbocycles.